The number of hydrogen-bond donors (Lipinski definition) is 0. The normalized spacial score (nSPS) is 13.2. The van der Waals surface area contributed by atoms with Crippen molar-refractivity contribution in [3.8, 4) is 0 Å². The SMILES string of the molecule is Cc1c2c(n(Cc3ccc(F)cc3)c1C(=O)N(C)Cc1ccccc1)CCCC2. The van der Waals surface area contributed by atoms with Gasteiger partial charge in [0.05, 0.1) is 0 Å². The lowest BCUT2D eigenvalue weighted by Crippen LogP contribution is -2.29. The van der Waals surface area contributed by atoms with Crippen LogP contribution >= 0.6 is 0 Å². The topological polar surface area (TPSA) is 25.2 Å². The number of rotatable bonds is 5. The molecule has 0 saturated heterocycles. The third kappa shape index (κ3) is 3.98. The monoisotopic (exact) mass is 390 g/mol. The van der Waals surface area contributed by atoms with Gasteiger partial charge in [-0.15, -0.1) is 0 Å². The van der Waals surface area contributed by atoms with Gasteiger partial charge >= 0.3 is 0 Å². The maximum Gasteiger partial charge on any atom is 0.270 e. The molecular weight excluding hydrogens is 363 g/mol. The van der Waals surface area contributed by atoms with Gasteiger partial charge in [-0.05, 0) is 67.0 Å². The third-order valence-corrected chi connectivity index (χ3v) is 5.91. The van der Waals surface area contributed by atoms with Gasteiger partial charge in [0.1, 0.15) is 11.5 Å². The predicted octanol–water partition coefficient (Wildman–Crippen LogP) is 5.13. The summed E-state index contributed by atoms with van der Waals surface area (Å²) in [7, 11) is 1.86. The Morgan fingerprint density at radius 2 is 1.69 bits per heavy atom. The van der Waals surface area contributed by atoms with Crippen LogP contribution in [0.15, 0.2) is 54.6 Å². The standard InChI is InChI=1S/C25H27FN2O/c1-18-22-10-6-7-11-23(22)28(17-20-12-14-21(26)15-13-20)24(18)25(29)27(2)16-19-8-4-3-5-9-19/h3-5,8-9,12-15H,6-7,10-11,16-17H2,1-2H3. The third-order valence-electron chi connectivity index (χ3n) is 5.91. The summed E-state index contributed by atoms with van der Waals surface area (Å²) in [5, 5.41) is 0. The lowest BCUT2D eigenvalue weighted by Gasteiger charge is -2.21. The van der Waals surface area contributed by atoms with Gasteiger partial charge in [0, 0.05) is 25.8 Å². The van der Waals surface area contributed by atoms with E-state index in [0.29, 0.717) is 13.1 Å². The minimum Gasteiger partial charge on any atom is -0.336 e. The molecule has 0 unspecified atom stereocenters. The first-order chi connectivity index (χ1) is 14.0. The van der Waals surface area contributed by atoms with Crippen LogP contribution in [0.2, 0.25) is 0 Å². The Balaban J connectivity index is 1.70. The van der Waals surface area contributed by atoms with Crippen LogP contribution in [-0.2, 0) is 25.9 Å². The molecule has 1 aromatic heterocycles. The van der Waals surface area contributed by atoms with E-state index in [1.165, 1.54) is 29.8 Å². The van der Waals surface area contributed by atoms with E-state index in [1.807, 2.05) is 49.5 Å². The lowest BCUT2D eigenvalue weighted by atomic mass is 9.95. The number of fused-ring (bicyclic) bond motifs is 1. The maximum atomic E-state index is 13.5. The zero-order valence-corrected chi connectivity index (χ0v) is 17.1. The molecule has 1 aliphatic carbocycles. The van der Waals surface area contributed by atoms with E-state index in [9.17, 15) is 9.18 Å². The summed E-state index contributed by atoms with van der Waals surface area (Å²) < 4.78 is 15.5. The van der Waals surface area contributed by atoms with Crippen molar-refractivity contribution in [2.24, 2.45) is 0 Å². The molecule has 4 rings (SSSR count). The van der Waals surface area contributed by atoms with E-state index in [0.717, 1.165) is 41.6 Å². The molecule has 0 aliphatic heterocycles. The molecule has 0 fully saturated rings. The first-order valence-electron chi connectivity index (χ1n) is 10.3. The number of carbonyl (C=O) groups is 1. The second kappa shape index (κ2) is 8.24. The second-order valence-corrected chi connectivity index (χ2v) is 7.97. The molecule has 1 aliphatic rings. The van der Waals surface area contributed by atoms with Crippen molar-refractivity contribution in [3.63, 3.8) is 0 Å². The van der Waals surface area contributed by atoms with Gasteiger partial charge in [-0.3, -0.25) is 4.79 Å². The first kappa shape index (κ1) is 19.4. The van der Waals surface area contributed by atoms with Crippen LogP contribution in [0.25, 0.3) is 0 Å². The van der Waals surface area contributed by atoms with E-state index in [1.54, 1.807) is 4.90 Å². The Hall–Kier alpha value is -2.88. The largest absolute Gasteiger partial charge is 0.336 e. The minimum absolute atomic E-state index is 0.0443. The molecule has 0 radical (unpaired) electrons. The van der Waals surface area contributed by atoms with Gasteiger partial charge in [-0.25, -0.2) is 4.39 Å². The predicted molar refractivity (Wildman–Crippen MR) is 114 cm³/mol. The van der Waals surface area contributed by atoms with Crippen molar-refractivity contribution in [1.82, 2.24) is 9.47 Å². The summed E-state index contributed by atoms with van der Waals surface area (Å²) in [6.45, 7) is 3.25. The fourth-order valence-electron chi connectivity index (χ4n) is 4.40. The summed E-state index contributed by atoms with van der Waals surface area (Å²) in [6, 6.07) is 16.6. The van der Waals surface area contributed by atoms with E-state index in [2.05, 4.69) is 11.5 Å². The lowest BCUT2D eigenvalue weighted by molar-refractivity contribution is 0.0773. The zero-order chi connectivity index (χ0) is 20.4. The molecule has 1 amide bonds. The van der Waals surface area contributed by atoms with Crippen molar-refractivity contribution < 1.29 is 9.18 Å². The van der Waals surface area contributed by atoms with Crippen LogP contribution in [0.3, 0.4) is 0 Å². The Kier molecular flexibility index (Phi) is 5.52. The smallest absolute Gasteiger partial charge is 0.270 e. The van der Waals surface area contributed by atoms with Gasteiger partial charge in [0.15, 0.2) is 0 Å². The number of nitrogens with zero attached hydrogens (tertiary/aromatic N) is 2. The number of hydrogen-bond acceptors (Lipinski definition) is 1. The fraction of sp³-hybridized carbons (Fsp3) is 0.320. The molecule has 3 aromatic rings. The Labute approximate surface area is 171 Å². The highest BCUT2D eigenvalue weighted by molar-refractivity contribution is 5.95. The molecule has 0 bridgehead atoms. The molecule has 29 heavy (non-hydrogen) atoms. The minimum atomic E-state index is -0.238. The number of carbonyl (C=O) groups excluding carboxylic acids is 1. The summed E-state index contributed by atoms with van der Waals surface area (Å²) >= 11 is 0. The average Bonchev–Trinajstić information content (AvgIpc) is 3.02. The number of halogens is 1. The molecule has 3 nitrogen and oxygen atoms in total. The zero-order valence-electron chi connectivity index (χ0n) is 17.1. The number of benzene rings is 2. The van der Waals surface area contributed by atoms with Crippen LogP contribution < -0.4 is 0 Å². The van der Waals surface area contributed by atoms with Crippen molar-refractivity contribution in [2.75, 3.05) is 7.05 Å². The summed E-state index contributed by atoms with van der Waals surface area (Å²) in [5.74, 6) is -0.193. The van der Waals surface area contributed by atoms with Crippen molar-refractivity contribution in [2.45, 2.75) is 45.7 Å². The molecular formula is C25H27FN2O. The highest BCUT2D eigenvalue weighted by Gasteiger charge is 2.27. The van der Waals surface area contributed by atoms with Gasteiger partial charge < -0.3 is 9.47 Å². The van der Waals surface area contributed by atoms with Gasteiger partial charge in [-0.1, -0.05) is 42.5 Å². The molecule has 0 N–H and O–H groups in total. The highest BCUT2D eigenvalue weighted by Crippen LogP contribution is 2.31. The van der Waals surface area contributed by atoms with E-state index >= 15 is 0 Å². The summed E-state index contributed by atoms with van der Waals surface area (Å²) in [5.41, 5.74) is 6.60. The molecule has 0 saturated carbocycles. The number of aromatic nitrogens is 1. The average molecular weight is 391 g/mol. The highest BCUT2D eigenvalue weighted by atomic mass is 19.1. The molecule has 4 heteroatoms. The Morgan fingerprint density at radius 3 is 2.41 bits per heavy atom. The van der Waals surface area contributed by atoms with Crippen LogP contribution in [0, 0.1) is 12.7 Å². The molecule has 150 valence electrons. The van der Waals surface area contributed by atoms with Gasteiger partial charge in [-0.2, -0.15) is 0 Å². The van der Waals surface area contributed by atoms with Gasteiger partial charge in [0.25, 0.3) is 5.91 Å². The molecule has 1 heterocycles. The molecule has 2 aromatic carbocycles. The number of amides is 1. The molecule has 0 atom stereocenters. The van der Waals surface area contributed by atoms with Crippen molar-refractivity contribution >= 4 is 5.91 Å². The quantitative estimate of drug-likeness (QED) is 0.592. The van der Waals surface area contributed by atoms with E-state index in [4.69, 9.17) is 0 Å². The van der Waals surface area contributed by atoms with E-state index in [-0.39, 0.29) is 11.7 Å². The van der Waals surface area contributed by atoms with Crippen LogP contribution in [0.4, 0.5) is 4.39 Å². The molecule has 0 spiro atoms. The second-order valence-electron chi connectivity index (χ2n) is 7.97. The van der Waals surface area contributed by atoms with Crippen molar-refractivity contribution in [1.29, 1.82) is 0 Å². The van der Waals surface area contributed by atoms with E-state index < -0.39 is 0 Å². The maximum absolute atomic E-state index is 13.5. The van der Waals surface area contributed by atoms with Crippen molar-refractivity contribution in [3.05, 3.63) is 94.1 Å². The summed E-state index contributed by atoms with van der Waals surface area (Å²) in [6.07, 6.45) is 4.34. The summed E-state index contributed by atoms with van der Waals surface area (Å²) in [4.78, 5) is 15.3. The van der Waals surface area contributed by atoms with Crippen LogP contribution in [0.1, 0.15) is 51.3 Å². The Morgan fingerprint density at radius 1 is 1.00 bits per heavy atom. The Bertz CT molecular complexity index is 1010. The van der Waals surface area contributed by atoms with Gasteiger partial charge in [0.2, 0.25) is 0 Å². The first-order valence-corrected chi connectivity index (χ1v) is 10.3. The van der Waals surface area contributed by atoms with Crippen LogP contribution in [-0.4, -0.2) is 22.4 Å². The fourth-order valence-corrected chi connectivity index (χ4v) is 4.40. The van der Waals surface area contributed by atoms with Crippen LogP contribution in [0.5, 0.6) is 0 Å².